The number of guanidine groups is 1. The van der Waals surface area contributed by atoms with Crippen LogP contribution in [0.25, 0.3) is 0 Å². The molecule has 0 saturated carbocycles. The van der Waals surface area contributed by atoms with Crippen molar-refractivity contribution >= 4 is 12.1 Å². The topological polar surface area (TPSA) is 69.2 Å². The van der Waals surface area contributed by atoms with Gasteiger partial charge in [-0.3, -0.25) is 9.89 Å². The summed E-state index contributed by atoms with van der Waals surface area (Å²) in [7, 11) is 1.82. The highest BCUT2D eigenvalue weighted by atomic mass is 16.6. The number of nitrogens with one attached hydrogen (secondary N) is 2. The zero-order valence-corrected chi connectivity index (χ0v) is 16.1. The third-order valence-corrected chi connectivity index (χ3v) is 5.25. The van der Waals surface area contributed by atoms with E-state index in [4.69, 9.17) is 4.74 Å². The predicted octanol–water partition coefficient (Wildman–Crippen LogP) is 1.65. The number of piperidine rings is 2. The SMILES string of the molecule is CCOC(=O)N1CCC(NC(=NC)NCC2CCCCN2CC)CC1. The molecule has 0 radical (unpaired) electrons. The Hall–Kier alpha value is -1.50. The third kappa shape index (κ3) is 6.06. The van der Waals surface area contributed by atoms with E-state index in [0.717, 1.165) is 45.0 Å². The number of hydrogen-bond acceptors (Lipinski definition) is 4. The number of hydrogen-bond donors (Lipinski definition) is 2. The molecule has 1 amide bonds. The van der Waals surface area contributed by atoms with Crippen LogP contribution in [0, 0.1) is 0 Å². The monoisotopic (exact) mass is 353 g/mol. The van der Waals surface area contributed by atoms with Crippen molar-refractivity contribution in [3.8, 4) is 0 Å². The van der Waals surface area contributed by atoms with E-state index in [-0.39, 0.29) is 6.09 Å². The summed E-state index contributed by atoms with van der Waals surface area (Å²) in [5.41, 5.74) is 0. The van der Waals surface area contributed by atoms with Gasteiger partial charge in [-0.15, -0.1) is 0 Å². The average Bonchev–Trinajstić information content (AvgIpc) is 2.66. The quantitative estimate of drug-likeness (QED) is 0.581. The van der Waals surface area contributed by atoms with Gasteiger partial charge in [-0.1, -0.05) is 13.3 Å². The van der Waals surface area contributed by atoms with Gasteiger partial charge in [0.1, 0.15) is 0 Å². The van der Waals surface area contributed by atoms with Crippen molar-refractivity contribution in [2.75, 3.05) is 46.4 Å². The molecule has 25 heavy (non-hydrogen) atoms. The van der Waals surface area contributed by atoms with Gasteiger partial charge in [0.15, 0.2) is 5.96 Å². The predicted molar refractivity (Wildman–Crippen MR) is 101 cm³/mol. The number of likely N-dealkylation sites (tertiary alicyclic amines) is 2. The highest BCUT2D eigenvalue weighted by Gasteiger charge is 2.25. The van der Waals surface area contributed by atoms with Crippen molar-refractivity contribution < 1.29 is 9.53 Å². The van der Waals surface area contributed by atoms with Crippen molar-refractivity contribution in [3.05, 3.63) is 0 Å². The molecule has 1 unspecified atom stereocenters. The summed E-state index contributed by atoms with van der Waals surface area (Å²) < 4.78 is 5.07. The molecule has 0 aliphatic carbocycles. The zero-order chi connectivity index (χ0) is 18.1. The van der Waals surface area contributed by atoms with Crippen LogP contribution in [-0.4, -0.2) is 80.3 Å². The van der Waals surface area contributed by atoms with Gasteiger partial charge in [0, 0.05) is 38.8 Å². The molecule has 2 saturated heterocycles. The molecule has 0 aromatic carbocycles. The lowest BCUT2D eigenvalue weighted by molar-refractivity contribution is 0.0962. The number of carbonyl (C=O) groups excluding carboxylic acids is 1. The van der Waals surface area contributed by atoms with Gasteiger partial charge in [0.2, 0.25) is 0 Å². The van der Waals surface area contributed by atoms with Crippen LogP contribution >= 0.6 is 0 Å². The Morgan fingerprint density at radius 2 is 1.92 bits per heavy atom. The first kappa shape index (κ1) is 19.8. The van der Waals surface area contributed by atoms with Gasteiger partial charge in [0.25, 0.3) is 0 Å². The molecule has 7 nitrogen and oxygen atoms in total. The maximum absolute atomic E-state index is 11.8. The Labute approximate surface area is 152 Å². The normalized spacial score (nSPS) is 23.4. The molecule has 7 heteroatoms. The molecule has 2 rings (SSSR count). The molecule has 2 aliphatic heterocycles. The molecular formula is C18H35N5O2. The standard InChI is InChI=1S/C18H35N5O2/c1-4-22-11-7-6-8-16(22)14-20-17(19-3)21-15-9-12-23(13-10-15)18(24)25-5-2/h15-16H,4-14H2,1-3H3,(H2,19,20,21). The summed E-state index contributed by atoms with van der Waals surface area (Å²) >= 11 is 0. The Morgan fingerprint density at radius 3 is 2.56 bits per heavy atom. The number of carbonyl (C=O) groups is 1. The summed E-state index contributed by atoms with van der Waals surface area (Å²) in [6.07, 6.45) is 5.54. The summed E-state index contributed by atoms with van der Waals surface area (Å²) in [5.74, 6) is 0.871. The first-order valence-corrected chi connectivity index (χ1v) is 9.80. The van der Waals surface area contributed by atoms with E-state index in [1.165, 1.54) is 25.8 Å². The van der Waals surface area contributed by atoms with Crippen LogP contribution in [0.2, 0.25) is 0 Å². The van der Waals surface area contributed by atoms with E-state index >= 15 is 0 Å². The highest BCUT2D eigenvalue weighted by molar-refractivity contribution is 5.80. The largest absolute Gasteiger partial charge is 0.450 e. The van der Waals surface area contributed by atoms with E-state index in [1.807, 2.05) is 14.0 Å². The van der Waals surface area contributed by atoms with Gasteiger partial charge in [0.05, 0.1) is 6.61 Å². The molecule has 144 valence electrons. The Morgan fingerprint density at radius 1 is 1.16 bits per heavy atom. The average molecular weight is 354 g/mol. The van der Waals surface area contributed by atoms with Crippen LogP contribution in [0.3, 0.4) is 0 Å². The van der Waals surface area contributed by atoms with E-state index < -0.39 is 0 Å². The number of nitrogens with zero attached hydrogens (tertiary/aromatic N) is 3. The first-order valence-electron chi connectivity index (χ1n) is 9.80. The van der Waals surface area contributed by atoms with Crippen molar-refractivity contribution in [1.29, 1.82) is 0 Å². The molecular weight excluding hydrogens is 318 g/mol. The minimum atomic E-state index is -0.194. The number of aliphatic imine (C=N–C) groups is 1. The van der Waals surface area contributed by atoms with Gasteiger partial charge in [-0.2, -0.15) is 0 Å². The van der Waals surface area contributed by atoms with Crippen LogP contribution in [0.5, 0.6) is 0 Å². The van der Waals surface area contributed by atoms with Crippen molar-refractivity contribution in [1.82, 2.24) is 20.4 Å². The lowest BCUT2D eigenvalue weighted by atomic mass is 10.0. The second-order valence-corrected chi connectivity index (χ2v) is 6.84. The number of ether oxygens (including phenoxy) is 1. The maximum atomic E-state index is 11.8. The third-order valence-electron chi connectivity index (χ3n) is 5.25. The van der Waals surface area contributed by atoms with Gasteiger partial charge >= 0.3 is 6.09 Å². The molecule has 0 bridgehead atoms. The molecule has 1 atom stereocenters. The Kier molecular flexibility index (Phi) is 8.31. The molecule has 2 N–H and O–H groups in total. The number of rotatable bonds is 5. The van der Waals surface area contributed by atoms with Crippen LogP contribution in [0.15, 0.2) is 4.99 Å². The second-order valence-electron chi connectivity index (χ2n) is 6.84. The molecule has 0 aromatic rings. The molecule has 2 fully saturated rings. The lowest BCUT2D eigenvalue weighted by Crippen LogP contribution is -2.52. The Bertz CT molecular complexity index is 435. The highest BCUT2D eigenvalue weighted by Crippen LogP contribution is 2.16. The number of amides is 1. The van der Waals surface area contributed by atoms with Crippen LogP contribution < -0.4 is 10.6 Å². The molecule has 2 aliphatic rings. The smallest absolute Gasteiger partial charge is 0.409 e. The first-order chi connectivity index (χ1) is 12.2. The zero-order valence-electron chi connectivity index (χ0n) is 16.1. The van der Waals surface area contributed by atoms with Crippen LogP contribution in [-0.2, 0) is 4.74 Å². The fourth-order valence-corrected chi connectivity index (χ4v) is 3.73. The van der Waals surface area contributed by atoms with Crippen LogP contribution in [0.4, 0.5) is 4.79 Å². The number of likely N-dealkylation sites (N-methyl/N-ethyl adjacent to an activating group) is 1. The minimum Gasteiger partial charge on any atom is -0.450 e. The summed E-state index contributed by atoms with van der Waals surface area (Å²) in [4.78, 5) is 20.5. The van der Waals surface area contributed by atoms with Gasteiger partial charge in [-0.25, -0.2) is 4.79 Å². The lowest BCUT2D eigenvalue weighted by Gasteiger charge is -2.36. The second kappa shape index (κ2) is 10.5. The molecule has 0 spiro atoms. The summed E-state index contributed by atoms with van der Waals surface area (Å²) in [6, 6.07) is 0.952. The minimum absolute atomic E-state index is 0.194. The maximum Gasteiger partial charge on any atom is 0.409 e. The Balaban J connectivity index is 1.72. The molecule has 0 aromatic heterocycles. The van der Waals surface area contributed by atoms with E-state index in [2.05, 4.69) is 27.4 Å². The van der Waals surface area contributed by atoms with Gasteiger partial charge in [-0.05, 0) is 45.7 Å². The molecule has 2 heterocycles. The fourth-order valence-electron chi connectivity index (χ4n) is 3.73. The fraction of sp³-hybridized carbons (Fsp3) is 0.889. The van der Waals surface area contributed by atoms with Gasteiger partial charge < -0.3 is 20.3 Å². The van der Waals surface area contributed by atoms with Crippen molar-refractivity contribution in [2.45, 2.75) is 58.0 Å². The van der Waals surface area contributed by atoms with Crippen molar-refractivity contribution in [2.24, 2.45) is 4.99 Å². The van der Waals surface area contributed by atoms with E-state index in [9.17, 15) is 4.79 Å². The summed E-state index contributed by atoms with van der Waals surface area (Å²) in [5, 5.41) is 7.01. The van der Waals surface area contributed by atoms with Crippen molar-refractivity contribution in [3.63, 3.8) is 0 Å². The van der Waals surface area contributed by atoms with Crippen LogP contribution in [0.1, 0.15) is 46.0 Å². The van der Waals surface area contributed by atoms with E-state index in [1.54, 1.807) is 4.90 Å². The van der Waals surface area contributed by atoms with E-state index in [0.29, 0.717) is 18.7 Å². The summed E-state index contributed by atoms with van der Waals surface area (Å²) in [6.45, 7) is 9.25.